The van der Waals surface area contributed by atoms with E-state index < -0.39 is 6.09 Å². The minimum Gasteiger partial charge on any atom is -0.483 e. The van der Waals surface area contributed by atoms with E-state index >= 15 is 0 Å². The van der Waals surface area contributed by atoms with Gasteiger partial charge in [0.05, 0.1) is 17.8 Å². The van der Waals surface area contributed by atoms with E-state index in [1.807, 2.05) is 45.0 Å². The van der Waals surface area contributed by atoms with Gasteiger partial charge in [0.25, 0.3) is 0 Å². The van der Waals surface area contributed by atoms with Crippen molar-refractivity contribution in [2.75, 3.05) is 14.1 Å². The lowest BCUT2D eigenvalue weighted by atomic mass is 10.0. The van der Waals surface area contributed by atoms with Gasteiger partial charge in [-0.05, 0) is 50.6 Å². The lowest BCUT2D eigenvalue weighted by molar-refractivity contribution is 0.131. The molecule has 1 amide bonds. The SMILES string of the molecule is Cc1cc(Cl)ccc1N=CN(C)SN(C)C(=O)Oc1cccc2c1OC(C)(C)C2. The molecule has 3 rings (SSSR count). The Morgan fingerprint density at radius 1 is 1.31 bits per heavy atom. The van der Waals surface area contributed by atoms with Crippen molar-refractivity contribution in [2.24, 2.45) is 4.99 Å². The second-order valence-electron chi connectivity index (χ2n) is 7.45. The fraction of sp³-hybridized carbons (Fsp3) is 0.333. The van der Waals surface area contributed by atoms with Gasteiger partial charge in [0.1, 0.15) is 11.9 Å². The van der Waals surface area contributed by atoms with Crippen LogP contribution in [0, 0.1) is 6.92 Å². The summed E-state index contributed by atoms with van der Waals surface area (Å²) in [4.78, 5) is 16.9. The molecule has 1 aliphatic rings. The highest BCUT2D eigenvalue weighted by molar-refractivity contribution is 7.95. The van der Waals surface area contributed by atoms with Crippen molar-refractivity contribution in [3.63, 3.8) is 0 Å². The summed E-state index contributed by atoms with van der Waals surface area (Å²) in [5.41, 5.74) is 2.52. The number of benzene rings is 2. The third-order valence-corrected chi connectivity index (χ3v) is 5.26. The van der Waals surface area contributed by atoms with Crippen molar-refractivity contribution in [2.45, 2.75) is 32.8 Å². The lowest BCUT2D eigenvalue weighted by Gasteiger charge is -2.21. The number of para-hydroxylation sites is 1. The molecule has 154 valence electrons. The van der Waals surface area contributed by atoms with E-state index in [1.54, 1.807) is 36.9 Å². The van der Waals surface area contributed by atoms with Crippen LogP contribution in [0.3, 0.4) is 0 Å². The summed E-state index contributed by atoms with van der Waals surface area (Å²) in [5.74, 6) is 1.07. The lowest BCUT2D eigenvalue weighted by Crippen LogP contribution is -2.28. The average molecular weight is 434 g/mol. The molecule has 0 unspecified atom stereocenters. The number of hydrogen-bond acceptors (Lipinski definition) is 5. The Balaban J connectivity index is 1.60. The van der Waals surface area contributed by atoms with Gasteiger partial charge >= 0.3 is 6.09 Å². The highest BCUT2D eigenvalue weighted by Gasteiger charge is 2.33. The number of carbonyl (C=O) groups excluding carboxylic acids is 1. The summed E-state index contributed by atoms with van der Waals surface area (Å²) in [7, 11) is 3.44. The van der Waals surface area contributed by atoms with E-state index in [0.29, 0.717) is 16.5 Å². The number of hydrogen-bond donors (Lipinski definition) is 0. The fourth-order valence-electron chi connectivity index (χ4n) is 2.98. The number of halogens is 1. The molecule has 1 aliphatic heterocycles. The smallest absolute Gasteiger partial charge is 0.426 e. The van der Waals surface area contributed by atoms with Gasteiger partial charge in [0, 0.05) is 31.1 Å². The molecule has 0 fully saturated rings. The van der Waals surface area contributed by atoms with Crippen LogP contribution >= 0.6 is 23.7 Å². The summed E-state index contributed by atoms with van der Waals surface area (Å²) in [5, 5.41) is 0.673. The topological polar surface area (TPSA) is 54.4 Å². The fourth-order valence-corrected chi connectivity index (χ4v) is 3.79. The van der Waals surface area contributed by atoms with E-state index in [2.05, 4.69) is 4.99 Å². The zero-order valence-electron chi connectivity index (χ0n) is 17.1. The van der Waals surface area contributed by atoms with E-state index in [9.17, 15) is 4.79 Å². The van der Waals surface area contributed by atoms with Crippen LogP contribution in [0.4, 0.5) is 10.5 Å². The molecular formula is C21H24ClN3O3S. The Morgan fingerprint density at radius 2 is 2.07 bits per heavy atom. The van der Waals surface area contributed by atoms with Gasteiger partial charge in [-0.1, -0.05) is 23.7 Å². The van der Waals surface area contributed by atoms with Crippen LogP contribution < -0.4 is 9.47 Å². The van der Waals surface area contributed by atoms with Crippen molar-refractivity contribution in [1.82, 2.24) is 8.61 Å². The number of rotatable bonds is 5. The van der Waals surface area contributed by atoms with Gasteiger partial charge in [0.2, 0.25) is 0 Å². The number of aliphatic imine (C=N–C) groups is 1. The van der Waals surface area contributed by atoms with E-state index in [-0.39, 0.29) is 5.60 Å². The largest absolute Gasteiger partial charge is 0.483 e. The molecule has 29 heavy (non-hydrogen) atoms. The molecule has 0 spiro atoms. The van der Waals surface area contributed by atoms with E-state index in [0.717, 1.165) is 35.4 Å². The molecule has 0 aliphatic carbocycles. The molecule has 1 heterocycles. The molecule has 6 nitrogen and oxygen atoms in total. The first-order valence-electron chi connectivity index (χ1n) is 9.12. The molecule has 0 saturated carbocycles. The van der Waals surface area contributed by atoms with E-state index in [1.165, 1.54) is 4.31 Å². The van der Waals surface area contributed by atoms with Crippen LogP contribution in [-0.2, 0) is 6.42 Å². The van der Waals surface area contributed by atoms with Crippen LogP contribution in [0.2, 0.25) is 5.02 Å². The molecule has 0 radical (unpaired) electrons. The monoisotopic (exact) mass is 433 g/mol. The first kappa shape index (κ1) is 21.3. The molecule has 8 heteroatoms. The highest BCUT2D eigenvalue weighted by Crippen LogP contribution is 2.42. The molecule has 0 atom stereocenters. The standard InChI is InChI=1S/C21H24ClN3O3S/c1-14-11-16(22)9-10-17(14)23-13-24(4)29-25(5)20(26)27-18-8-6-7-15-12-21(2,3)28-19(15)18/h6-11,13H,12H2,1-5H3. The predicted molar refractivity (Wildman–Crippen MR) is 118 cm³/mol. The minimum absolute atomic E-state index is 0.304. The second-order valence-corrected chi connectivity index (χ2v) is 9.18. The predicted octanol–water partition coefficient (Wildman–Crippen LogP) is 5.65. The summed E-state index contributed by atoms with van der Waals surface area (Å²) >= 11 is 7.13. The molecule has 2 aromatic carbocycles. The Kier molecular flexibility index (Phi) is 6.29. The maximum atomic E-state index is 12.5. The zero-order chi connectivity index (χ0) is 21.2. The van der Waals surface area contributed by atoms with Crippen molar-refractivity contribution in [3.05, 3.63) is 52.5 Å². The first-order chi connectivity index (χ1) is 13.6. The Hall–Kier alpha value is -2.38. The Labute approximate surface area is 180 Å². The van der Waals surface area contributed by atoms with Gasteiger partial charge in [0.15, 0.2) is 11.5 Å². The minimum atomic E-state index is -0.500. The summed E-state index contributed by atoms with van der Waals surface area (Å²) in [6, 6.07) is 11.1. The maximum absolute atomic E-state index is 12.5. The quantitative estimate of drug-likeness (QED) is 0.346. The molecule has 0 aromatic heterocycles. The van der Waals surface area contributed by atoms with Crippen molar-refractivity contribution in [1.29, 1.82) is 0 Å². The van der Waals surface area contributed by atoms with Crippen molar-refractivity contribution < 1.29 is 14.3 Å². The van der Waals surface area contributed by atoms with Crippen LogP contribution in [0.15, 0.2) is 41.4 Å². The third-order valence-electron chi connectivity index (χ3n) is 4.28. The Bertz CT molecular complexity index is 949. The van der Waals surface area contributed by atoms with Crippen molar-refractivity contribution >= 4 is 41.9 Å². The highest BCUT2D eigenvalue weighted by atomic mass is 35.5. The number of ether oxygens (including phenoxy) is 2. The summed E-state index contributed by atoms with van der Waals surface area (Å²) < 4.78 is 14.6. The van der Waals surface area contributed by atoms with Crippen LogP contribution in [0.5, 0.6) is 11.5 Å². The van der Waals surface area contributed by atoms with Crippen LogP contribution in [0.25, 0.3) is 0 Å². The normalized spacial score (nSPS) is 14.4. The van der Waals surface area contributed by atoms with Crippen molar-refractivity contribution in [3.8, 4) is 11.5 Å². The van der Waals surface area contributed by atoms with Crippen LogP contribution in [-0.4, -0.2) is 40.7 Å². The first-order valence-corrected chi connectivity index (χ1v) is 10.2. The molecule has 0 bridgehead atoms. The number of fused-ring (bicyclic) bond motifs is 1. The van der Waals surface area contributed by atoms with Gasteiger partial charge in [-0.25, -0.2) is 14.1 Å². The number of nitrogens with zero attached hydrogens (tertiary/aromatic N) is 3. The number of carbonyl (C=O) groups is 1. The van der Waals surface area contributed by atoms with Gasteiger partial charge in [-0.2, -0.15) is 0 Å². The molecule has 0 N–H and O–H groups in total. The number of amides is 1. The van der Waals surface area contributed by atoms with Gasteiger partial charge in [-0.3, -0.25) is 4.31 Å². The second kappa shape index (κ2) is 8.55. The molecule has 2 aromatic rings. The maximum Gasteiger partial charge on any atom is 0.426 e. The summed E-state index contributed by atoms with van der Waals surface area (Å²) in [6.07, 6.45) is 1.91. The Morgan fingerprint density at radius 3 is 2.79 bits per heavy atom. The zero-order valence-corrected chi connectivity index (χ0v) is 18.7. The average Bonchev–Trinajstić information content (AvgIpc) is 2.96. The third kappa shape index (κ3) is 5.36. The van der Waals surface area contributed by atoms with Gasteiger partial charge in [-0.15, -0.1) is 0 Å². The van der Waals surface area contributed by atoms with Gasteiger partial charge < -0.3 is 9.47 Å². The molecule has 0 saturated heterocycles. The summed E-state index contributed by atoms with van der Waals surface area (Å²) in [6.45, 7) is 5.96. The molecular weight excluding hydrogens is 410 g/mol. The number of aryl methyl sites for hydroxylation is 1. The van der Waals surface area contributed by atoms with E-state index in [4.69, 9.17) is 21.1 Å². The van der Waals surface area contributed by atoms with Crippen LogP contribution in [0.1, 0.15) is 25.0 Å².